The monoisotopic (exact) mass is 364 g/mol. The second kappa shape index (κ2) is 8.77. The lowest BCUT2D eigenvalue weighted by Gasteiger charge is -2.14. The van der Waals surface area contributed by atoms with Crippen LogP contribution in [0.2, 0.25) is 0 Å². The number of nitrogens with one attached hydrogen (secondary N) is 1. The van der Waals surface area contributed by atoms with Crippen LogP contribution in [-0.2, 0) is 13.0 Å². The number of nitrogens with zero attached hydrogens (tertiary/aromatic N) is 4. The van der Waals surface area contributed by atoms with Gasteiger partial charge in [0.25, 0.3) is 0 Å². The van der Waals surface area contributed by atoms with Crippen molar-refractivity contribution in [2.45, 2.75) is 32.7 Å². The van der Waals surface area contributed by atoms with Gasteiger partial charge in [-0.15, -0.1) is 0 Å². The molecule has 0 aliphatic heterocycles. The van der Waals surface area contributed by atoms with Crippen molar-refractivity contribution < 1.29 is 0 Å². The summed E-state index contributed by atoms with van der Waals surface area (Å²) in [4.78, 5) is 15.7. The molecule has 1 aromatic carbocycles. The zero-order valence-corrected chi connectivity index (χ0v) is 16.4. The summed E-state index contributed by atoms with van der Waals surface area (Å²) in [6.07, 6.45) is 2.97. The van der Waals surface area contributed by atoms with Gasteiger partial charge >= 0.3 is 0 Å². The number of aromatic nitrogens is 3. The fraction of sp³-hybridized carbons (Fsp3) is 0.381. The summed E-state index contributed by atoms with van der Waals surface area (Å²) in [5.74, 6) is 0.988. The Balaban J connectivity index is 1.92. The van der Waals surface area contributed by atoms with E-state index >= 15 is 0 Å². The van der Waals surface area contributed by atoms with E-state index in [1.54, 1.807) is 0 Å². The first-order chi connectivity index (χ1) is 13.1. The zero-order valence-electron chi connectivity index (χ0n) is 16.4. The van der Waals surface area contributed by atoms with Gasteiger partial charge in [0.1, 0.15) is 5.52 Å². The first-order valence-corrected chi connectivity index (χ1v) is 9.45. The average Bonchev–Trinajstić information content (AvgIpc) is 2.63. The lowest BCUT2D eigenvalue weighted by Crippen LogP contribution is -2.12. The molecule has 2 heterocycles. The van der Waals surface area contributed by atoms with Crippen molar-refractivity contribution in [3.63, 3.8) is 0 Å². The van der Waals surface area contributed by atoms with E-state index in [1.807, 2.05) is 12.1 Å². The van der Waals surface area contributed by atoms with Crippen LogP contribution in [0, 0.1) is 0 Å². The largest absolute Gasteiger partial charge is 0.368 e. The van der Waals surface area contributed by atoms with Crippen LogP contribution in [0.25, 0.3) is 11.0 Å². The molecule has 2 aromatic heterocycles. The van der Waals surface area contributed by atoms with Gasteiger partial charge in [-0.3, -0.25) is 0 Å². The number of rotatable bonds is 8. The van der Waals surface area contributed by atoms with Crippen LogP contribution in [0.3, 0.4) is 0 Å². The maximum Gasteiger partial charge on any atom is 0.222 e. The minimum atomic E-state index is 0.271. The van der Waals surface area contributed by atoms with Gasteiger partial charge in [0, 0.05) is 25.2 Å². The van der Waals surface area contributed by atoms with Crippen LogP contribution < -0.4 is 11.1 Å². The molecule has 0 aliphatic rings. The van der Waals surface area contributed by atoms with E-state index in [2.05, 4.69) is 65.5 Å². The normalized spacial score (nSPS) is 11.3. The van der Waals surface area contributed by atoms with E-state index in [0.29, 0.717) is 0 Å². The van der Waals surface area contributed by atoms with Gasteiger partial charge < -0.3 is 16.0 Å². The Morgan fingerprint density at radius 2 is 1.78 bits per heavy atom. The number of unbranched alkanes of at least 4 members (excludes halogenated alkanes) is 1. The third-order valence-corrected chi connectivity index (χ3v) is 4.42. The number of anilines is 2. The Morgan fingerprint density at radius 3 is 2.52 bits per heavy atom. The lowest BCUT2D eigenvalue weighted by molar-refractivity contribution is 0.401. The highest BCUT2D eigenvalue weighted by atomic mass is 15.1. The van der Waals surface area contributed by atoms with Crippen LogP contribution in [-0.4, -0.2) is 40.5 Å². The molecule has 0 saturated heterocycles. The van der Waals surface area contributed by atoms with Crippen molar-refractivity contribution in [3.05, 3.63) is 53.2 Å². The third kappa shape index (κ3) is 4.92. The van der Waals surface area contributed by atoms with E-state index in [0.717, 1.165) is 54.9 Å². The molecule has 0 atom stereocenters. The van der Waals surface area contributed by atoms with E-state index < -0.39 is 0 Å². The Hall–Kier alpha value is -2.73. The number of fused-ring (bicyclic) bond motifs is 1. The van der Waals surface area contributed by atoms with E-state index in [9.17, 15) is 0 Å². The highest BCUT2D eigenvalue weighted by molar-refractivity contribution is 5.86. The molecule has 6 heteroatoms. The van der Waals surface area contributed by atoms with Gasteiger partial charge in [-0.25, -0.2) is 9.97 Å². The summed E-state index contributed by atoms with van der Waals surface area (Å²) >= 11 is 0. The second-order valence-electron chi connectivity index (χ2n) is 7.06. The number of hydrogen-bond acceptors (Lipinski definition) is 6. The summed E-state index contributed by atoms with van der Waals surface area (Å²) in [5, 5.41) is 3.36. The summed E-state index contributed by atoms with van der Waals surface area (Å²) in [6, 6.07) is 12.5. The van der Waals surface area contributed by atoms with Crippen LogP contribution in [0.5, 0.6) is 0 Å². The Labute approximate surface area is 160 Å². The minimum Gasteiger partial charge on any atom is -0.368 e. The molecule has 0 amide bonds. The molecule has 0 aliphatic carbocycles. The van der Waals surface area contributed by atoms with Gasteiger partial charge in [-0.1, -0.05) is 37.6 Å². The maximum atomic E-state index is 5.86. The van der Waals surface area contributed by atoms with Crippen LogP contribution in [0.15, 0.2) is 36.4 Å². The van der Waals surface area contributed by atoms with E-state index in [4.69, 9.17) is 10.7 Å². The summed E-state index contributed by atoms with van der Waals surface area (Å²) in [5.41, 5.74) is 11.0. The zero-order chi connectivity index (χ0) is 19.2. The topological polar surface area (TPSA) is 80.0 Å². The minimum absolute atomic E-state index is 0.271. The molecule has 27 heavy (non-hydrogen) atoms. The fourth-order valence-corrected chi connectivity index (χ4v) is 3.10. The molecule has 3 aromatic rings. The average molecular weight is 364 g/mol. The highest BCUT2D eigenvalue weighted by Gasteiger charge is 2.10. The van der Waals surface area contributed by atoms with Gasteiger partial charge in [-0.2, -0.15) is 4.98 Å². The third-order valence-electron chi connectivity index (χ3n) is 4.42. The molecule has 3 rings (SSSR count). The van der Waals surface area contributed by atoms with Gasteiger partial charge in [0.2, 0.25) is 5.95 Å². The quantitative estimate of drug-likeness (QED) is 0.596. The van der Waals surface area contributed by atoms with Crippen molar-refractivity contribution in [2.24, 2.45) is 0 Å². The summed E-state index contributed by atoms with van der Waals surface area (Å²) in [6.45, 7) is 3.92. The Bertz CT molecular complexity index is 906. The van der Waals surface area contributed by atoms with Crippen molar-refractivity contribution >= 4 is 22.8 Å². The van der Waals surface area contributed by atoms with Crippen LogP contribution in [0.4, 0.5) is 11.8 Å². The predicted molar refractivity (Wildman–Crippen MR) is 112 cm³/mol. The molecule has 0 fully saturated rings. The standard InChI is InChI=1S/C21H28N6/c1-4-5-12-23-20-19-18(25-21(22)26-20)11-10-17(24-19)13-15-8-6-7-9-16(15)14-27(2)3/h6-11H,4-5,12-14H2,1-3H3,(H3,22,23,25,26). The number of pyridine rings is 1. The number of nitrogens with two attached hydrogens (primary N) is 1. The molecular formula is C21H28N6. The number of nitrogen functional groups attached to an aromatic ring is 1. The van der Waals surface area contributed by atoms with Gasteiger partial charge in [0.15, 0.2) is 5.82 Å². The Morgan fingerprint density at radius 1 is 1.00 bits per heavy atom. The van der Waals surface area contributed by atoms with Crippen molar-refractivity contribution in [1.29, 1.82) is 0 Å². The summed E-state index contributed by atoms with van der Waals surface area (Å²) in [7, 11) is 4.17. The number of hydrogen-bond donors (Lipinski definition) is 2. The molecule has 0 radical (unpaired) electrons. The second-order valence-corrected chi connectivity index (χ2v) is 7.06. The van der Waals surface area contributed by atoms with Crippen molar-refractivity contribution in [1.82, 2.24) is 19.9 Å². The first-order valence-electron chi connectivity index (χ1n) is 9.45. The number of benzene rings is 1. The lowest BCUT2D eigenvalue weighted by atomic mass is 10.0. The van der Waals surface area contributed by atoms with Crippen LogP contribution in [0.1, 0.15) is 36.6 Å². The van der Waals surface area contributed by atoms with Crippen molar-refractivity contribution in [2.75, 3.05) is 31.7 Å². The molecular weight excluding hydrogens is 336 g/mol. The van der Waals surface area contributed by atoms with E-state index in [-0.39, 0.29) is 5.95 Å². The first kappa shape index (κ1) is 19.0. The highest BCUT2D eigenvalue weighted by Crippen LogP contribution is 2.22. The molecule has 6 nitrogen and oxygen atoms in total. The van der Waals surface area contributed by atoms with Gasteiger partial charge in [-0.05, 0) is 43.8 Å². The molecule has 0 saturated carbocycles. The molecule has 3 N–H and O–H groups in total. The van der Waals surface area contributed by atoms with Gasteiger partial charge in [0.05, 0.1) is 5.52 Å². The fourth-order valence-electron chi connectivity index (χ4n) is 3.10. The predicted octanol–water partition coefficient (Wildman–Crippen LogP) is 3.47. The molecule has 0 bridgehead atoms. The molecule has 0 spiro atoms. The summed E-state index contributed by atoms with van der Waals surface area (Å²) < 4.78 is 0. The molecule has 142 valence electrons. The Kier molecular flexibility index (Phi) is 6.19. The molecule has 0 unspecified atom stereocenters. The maximum absolute atomic E-state index is 5.86. The van der Waals surface area contributed by atoms with Crippen LogP contribution >= 0.6 is 0 Å². The van der Waals surface area contributed by atoms with Crippen molar-refractivity contribution in [3.8, 4) is 0 Å². The smallest absolute Gasteiger partial charge is 0.222 e. The SMILES string of the molecule is CCCCNc1nc(N)nc2ccc(Cc3ccccc3CN(C)C)nc12. The van der Waals surface area contributed by atoms with E-state index in [1.165, 1.54) is 11.1 Å².